The van der Waals surface area contributed by atoms with Crippen molar-refractivity contribution in [3.8, 4) is 0 Å². The number of esters is 1. The molecule has 0 aromatic heterocycles. The smallest absolute Gasteiger partial charge is 0.330 e. The summed E-state index contributed by atoms with van der Waals surface area (Å²) in [4.78, 5) is 11.1. The van der Waals surface area contributed by atoms with Crippen molar-refractivity contribution in [3.05, 3.63) is 12.2 Å². The Labute approximate surface area is 90.4 Å². The first-order chi connectivity index (χ1) is 7.20. The summed E-state index contributed by atoms with van der Waals surface area (Å²) in [5.41, 5.74) is 0. The number of carbonyl (C=O) groups excluding carboxylic acids is 1. The minimum Gasteiger partial charge on any atom is -0.462 e. The molecule has 1 aliphatic heterocycles. The molecule has 1 aliphatic carbocycles. The van der Waals surface area contributed by atoms with Gasteiger partial charge in [-0.1, -0.05) is 13.0 Å². The Balaban J connectivity index is 1.76. The van der Waals surface area contributed by atoms with E-state index >= 15 is 0 Å². The van der Waals surface area contributed by atoms with Crippen molar-refractivity contribution in [2.75, 3.05) is 6.61 Å². The molecule has 4 atom stereocenters. The summed E-state index contributed by atoms with van der Waals surface area (Å²) < 4.78 is 10.7. The fraction of sp³-hybridized carbons (Fsp3) is 0.750. The van der Waals surface area contributed by atoms with Crippen LogP contribution >= 0.6 is 0 Å². The van der Waals surface area contributed by atoms with Crippen molar-refractivity contribution >= 4 is 5.97 Å². The van der Waals surface area contributed by atoms with Gasteiger partial charge in [-0.25, -0.2) is 4.79 Å². The van der Waals surface area contributed by atoms with Gasteiger partial charge < -0.3 is 9.47 Å². The minimum absolute atomic E-state index is 0.233. The van der Waals surface area contributed by atoms with Crippen LogP contribution in [0.2, 0.25) is 0 Å². The predicted octanol–water partition coefficient (Wildman–Crippen LogP) is 1.92. The van der Waals surface area contributed by atoms with E-state index in [4.69, 9.17) is 9.47 Å². The number of hydrogen-bond acceptors (Lipinski definition) is 3. The van der Waals surface area contributed by atoms with Gasteiger partial charge in [0.15, 0.2) is 0 Å². The molecule has 4 unspecified atom stereocenters. The van der Waals surface area contributed by atoms with E-state index in [1.165, 1.54) is 6.08 Å². The number of ether oxygens (including phenoxy) is 2. The molecule has 0 N–H and O–H groups in total. The molecule has 2 aliphatic rings. The van der Waals surface area contributed by atoms with Crippen molar-refractivity contribution in [2.24, 2.45) is 11.8 Å². The molecular formula is C12H18O3. The number of rotatable bonds is 3. The third kappa shape index (κ3) is 2.59. The highest BCUT2D eigenvalue weighted by molar-refractivity contribution is 5.81. The van der Waals surface area contributed by atoms with Gasteiger partial charge in [-0.2, -0.15) is 0 Å². The van der Waals surface area contributed by atoms with E-state index < -0.39 is 0 Å². The van der Waals surface area contributed by atoms with Crippen LogP contribution in [-0.2, 0) is 14.3 Å². The lowest BCUT2D eigenvalue weighted by atomic mass is 9.81. The van der Waals surface area contributed by atoms with Crippen LogP contribution in [0.5, 0.6) is 0 Å². The Bertz CT molecular complexity index is 272. The first kappa shape index (κ1) is 10.7. The maximum atomic E-state index is 11.1. The largest absolute Gasteiger partial charge is 0.462 e. The van der Waals surface area contributed by atoms with Crippen LogP contribution in [0.4, 0.5) is 0 Å². The molecule has 15 heavy (non-hydrogen) atoms. The molecule has 0 radical (unpaired) electrons. The van der Waals surface area contributed by atoms with E-state index in [2.05, 4.69) is 6.92 Å². The first-order valence-corrected chi connectivity index (χ1v) is 5.65. The van der Waals surface area contributed by atoms with Crippen LogP contribution < -0.4 is 0 Å². The summed E-state index contributed by atoms with van der Waals surface area (Å²) in [7, 11) is 0. The average Bonchev–Trinajstić information content (AvgIpc) is 2.92. The number of allylic oxidation sites excluding steroid dienone is 1. The lowest BCUT2D eigenvalue weighted by Crippen LogP contribution is -2.27. The van der Waals surface area contributed by atoms with Crippen LogP contribution in [0.25, 0.3) is 0 Å². The fourth-order valence-electron chi connectivity index (χ4n) is 2.29. The van der Waals surface area contributed by atoms with Crippen LogP contribution in [0.1, 0.15) is 26.7 Å². The zero-order chi connectivity index (χ0) is 10.8. The Kier molecular flexibility index (Phi) is 3.10. The quantitative estimate of drug-likeness (QED) is 0.406. The Morgan fingerprint density at radius 1 is 1.47 bits per heavy atom. The zero-order valence-electron chi connectivity index (χ0n) is 9.31. The second-order valence-corrected chi connectivity index (χ2v) is 4.55. The molecule has 0 bridgehead atoms. The van der Waals surface area contributed by atoms with Crippen LogP contribution in [-0.4, -0.2) is 24.8 Å². The lowest BCUT2D eigenvalue weighted by molar-refractivity contribution is -0.139. The number of fused-ring (bicyclic) bond motifs is 1. The van der Waals surface area contributed by atoms with Gasteiger partial charge in [-0.3, -0.25) is 0 Å². The van der Waals surface area contributed by atoms with Gasteiger partial charge in [-0.15, -0.1) is 0 Å². The average molecular weight is 210 g/mol. The number of epoxide rings is 1. The maximum Gasteiger partial charge on any atom is 0.330 e. The molecule has 2 fully saturated rings. The number of carbonyl (C=O) groups is 1. The Morgan fingerprint density at radius 2 is 2.20 bits per heavy atom. The Hall–Kier alpha value is -0.830. The highest BCUT2D eigenvalue weighted by Gasteiger charge is 2.47. The summed E-state index contributed by atoms with van der Waals surface area (Å²) in [6.07, 6.45) is 6.29. The van der Waals surface area contributed by atoms with Gasteiger partial charge in [0.25, 0.3) is 0 Å². The van der Waals surface area contributed by atoms with Crippen LogP contribution in [0.15, 0.2) is 12.2 Å². The molecule has 1 saturated heterocycles. The SMILES string of the molecule is CC=CC(=O)OCC1CC2OC2CC1C. The third-order valence-electron chi connectivity index (χ3n) is 3.37. The fourth-order valence-corrected chi connectivity index (χ4v) is 2.29. The van der Waals surface area contributed by atoms with E-state index in [9.17, 15) is 4.79 Å². The highest BCUT2D eigenvalue weighted by Crippen LogP contribution is 2.42. The van der Waals surface area contributed by atoms with Crippen molar-refractivity contribution in [1.82, 2.24) is 0 Å². The minimum atomic E-state index is -0.233. The molecular weight excluding hydrogens is 192 g/mol. The van der Waals surface area contributed by atoms with Gasteiger partial charge in [0.2, 0.25) is 0 Å². The van der Waals surface area contributed by atoms with E-state index in [1.807, 2.05) is 6.92 Å². The molecule has 0 aromatic carbocycles. The van der Waals surface area contributed by atoms with E-state index in [0.717, 1.165) is 12.8 Å². The summed E-state index contributed by atoms with van der Waals surface area (Å²) in [5.74, 6) is 0.846. The van der Waals surface area contributed by atoms with Crippen LogP contribution in [0.3, 0.4) is 0 Å². The summed E-state index contributed by atoms with van der Waals surface area (Å²) in [6, 6.07) is 0. The molecule has 0 aromatic rings. The van der Waals surface area contributed by atoms with Gasteiger partial charge in [-0.05, 0) is 31.6 Å². The van der Waals surface area contributed by atoms with Crippen molar-refractivity contribution in [1.29, 1.82) is 0 Å². The normalized spacial score (nSPS) is 38.8. The molecule has 1 saturated carbocycles. The summed E-state index contributed by atoms with van der Waals surface area (Å²) in [5, 5.41) is 0. The highest BCUT2D eigenvalue weighted by atomic mass is 16.6. The standard InChI is InChI=1S/C12H18O3/c1-3-4-12(13)14-7-9-6-11-10(15-11)5-8(9)2/h3-4,8-11H,5-7H2,1-2H3. The maximum absolute atomic E-state index is 11.1. The number of hydrogen-bond donors (Lipinski definition) is 0. The molecule has 84 valence electrons. The van der Waals surface area contributed by atoms with Crippen molar-refractivity contribution < 1.29 is 14.3 Å². The molecule has 2 rings (SSSR count). The predicted molar refractivity (Wildman–Crippen MR) is 56.3 cm³/mol. The van der Waals surface area contributed by atoms with E-state index in [-0.39, 0.29) is 5.97 Å². The van der Waals surface area contributed by atoms with E-state index in [0.29, 0.717) is 30.7 Å². The zero-order valence-corrected chi connectivity index (χ0v) is 9.31. The van der Waals surface area contributed by atoms with Gasteiger partial charge in [0.1, 0.15) is 0 Å². The second kappa shape index (κ2) is 4.35. The topological polar surface area (TPSA) is 38.8 Å². The monoisotopic (exact) mass is 210 g/mol. The molecule has 1 heterocycles. The van der Waals surface area contributed by atoms with Crippen molar-refractivity contribution in [3.63, 3.8) is 0 Å². The molecule has 0 spiro atoms. The molecule has 3 heteroatoms. The van der Waals surface area contributed by atoms with Crippen LogP contribution in [0, 0.1) is 11.8 Å². The molecule has 3 nitrogen and oxygen atoms in total. The lowest BCUT2D eigenvalue weighted by Gasteiger charge is -2.25. The van der Waals surface area contributed by atoms with Gasteiger partial charge in [0, 0.05) is 6.08 Å². The van der Waals surface area contributed by atoms with Gasteiger partial charge >= 0.3 is 5.97 Å². The summed E-state index contributed by atoms with van der Waals surface area (Å²) in [6.45, 7) is 4.57. The van der Waals surface area contributed by atoms with Crippen molar-refractivity contribution in [2.45, 2.75) is 38.9 Å². The summed E-state index contributed by atoms with van der Waals surface area (Å²) >= 11 is 0. The molecule has 0 amide bonds. The van der Waals surface area contributed by atoms with E-state index in [1.54, 1.807) is 6.08 Å². The third-order valence-corrected chi connectivity index (χ3v) is 3.37. The second-order valence-electron chi connectivity index (χ2n) is 4.55. The van der Waals surface area contributed by atoms with Gasteiger partial charge in [0.05, 0.1) is 18.8 Å². The first-order valence-electron chi connectivity index (χ1n) is 5.65. The Morgan fingerprint density at radius 3 is 2.93 bits per heavy atom.